The van der Waals surface area contributed by atoms with Gasteiger partial charge in [0, 0.05) is 38.7 Å². The Balaban J connectivity index is 0.00000300. The van der Waals surface area contributed by atoms with Gasteiger partial charge in [0.05, 0.1) is 30.8 Å². The number of aliphatic imine (C=N–C) groups is 1. The van der Waals surface area contributed by atoms with E-state index >= 15 is 0 Å². The molecule has 3 aliphatic heterocycles. The van der Waals surface area contributed by atoms with Gasteiger partial charge < -0.3 is 25.0 Å². The number of rotatable bonds is 6. The lowest BCUT2D eigenvalue weighted by molar-refractivity contribution is -0.121. The van der Waals surface area contributed by atoms with Crippen molar-refractivity contribution in [1.82, 2.24) is 15.5 Å². The highest BCUT2D eigenvalue weighted by atomic mass is 127. The molecule has 0 aromatic carbocycles. The summed E-state index contributed by atoms with van der Waals surface area (Å²) in [5.74, 6) is 0.832. The molecular weight excluding hydrogens is 511 g/mol. The second-order valence-electron chi connectivity index (χ2n) is 7.56. The van der Waals surface area contributed by atoms with Crippen LogP contribution in [0.1, 0.15) is 32.6 Å². The molecule has 11 heteroatoms. The first-order valence-electron chi connectivity index (χ1n) is 10.2. The van der Waals surface area contributed by atoms with Gasteiger partial charge in [-0.15, -0.1) is 24.0 Å². The third-order valence-electron chi connectivity index (χ3n) is 5.31. The van der Waals surface area contributed by atoms with E-state index in [0.29, 0.717) is 19.6 Å². The number of hydrogen-bond donors (Lipinski definition) is 2. The van der Waals surface area contributed by atoms with Crippen LogP contribution < -0.4 is 10.6 Å². The average molecular weight is 544 g/mol. The Bertz CT molecular complexity index is 669. The van der Waals surface area contributed by atoms with Crippen LogP contribution in [-0.2, 0) is 24.1 Å². The summed E-state index contributed by atoms with van der Waals surface area (Å²) in [6, 6.07) is -0.263. The molecule has 0 aromatic rings. The van der Waals surface area contributed by atoms with Crippen LogP contribution >= 0.6 is 24.0 Å². The fourth-order valence-electron chi connectivity index (χ4n) is 3.89. The molecule has 168 valence electrons. The fourth-order valence-corrected chi connectivity index (χ4v) is 5.56. The van der Waals surface area contributed by atoms with Gasteiger partial charge >= 0.3 is 0 Å². The Morgan fingerprint density at radius 1 is 1.21 bits per heavy atom. The minimum atomic E-state index is -2.99. The van der Waals surface area contributed by atoms with Crippen LogP contribution in [0.2, 0.25) is 0 Å². The maximum Gasteiger partial charge on any atom is 0.222 e. The van der Waals surface area contributed by atoms with Crippen molar-refractivity contribution in [2.45, 2.75) is 50.9 Å². The first kappa shape index (κ1) is 24.6. The quantitative estimate of drug-likeness (QED) is 0.278. The largest absolute Gasteiger partial charge is 0.375 e. The van der Waals surface area contributed by atoms with E-state index < -0.39 is 9.84 Å². The van der Waals surface area contributed by atoms with E-state index in [1.807, 2.05) is 6.92 Å². The Labute approximate surface area is 190 Å². The van der Waals surface area contributed by atoms with Gasteiger partial charge in [0.15, 0.2) is 15.8 Å². The van der Waals surface area contributed by atoms with Crippen LogP contribution in [0.5, 0.6) is 0 Å². The number of nitrogens with zero attached hydrogens (tertiary/aromatic N) is 2. The first-order valence-corrected chi connectivity index (χ1v) is 12.1. The minimum absolute atomic E-state index is 0. The van der Waals surface area contributed by atoms with Crippen molar-refractivity contribution in [3.8, 4) is 0 Å². The highest BCUT2D eigenvalue weighted by Crippen LogP contribution is 2.21. The number of carbonyl (C=O) groups is 1. The molecule has 3 rings (SSSR count). The molecule has 3 heterocycles. The zero-order valence-electron chi connectivity index (χ0n) is 17.0. The molecule has 3 saturated heterocycles. The van der Waals surface area contributed by atoms with Gasteiger partial charge in [-0.25, -0.2) is 8.42 Å². The van der Waals surface area contributed by atoms with Crippen LogP contribution in [0, 0.1) is 0 Å². The second-order valence-corrected chi connectivity index (χ2v) is 9.79. The standard InChI is InChI=1S/C18H32N4O5S.HI/c1-2-19-18(22-8-10-27-16(12-22)15-4-3-9-26-15)20-7-5-17(23)21-14-6-11-28(24,25)13-14;/h14-16H,2-13H2,1H3,(H,19,20)(H,21,23);1H. The number of morpholine rings is 1. The highest BCUT2D eigenvalue weighted by Gasteiger charge is 2.32. The van der Waals surface area contributed by atoms with Crippen molar-refractivity contribution < 1.29 is 22.7 Å². The zero-order chi connectivity index (χ0) is 20.0. The molecule has 0 saturated carbocycles. The molecular formula is C18H33IN4O5S. The third kappa shape index (κ3) is 7.51. The van der Waals surface area contributed by atoms with E-state index in [1.54, 1.807) is 0 Å². The number of sulfone groups is 1. The van der Waals surface area contributed by atoms with E-state index in [-0.39, 0.29) is 66.1 Å². The number of carbonyl (C=O) groups excluding carboxylic acids is 1. The summed E-state index contributed by atoms with van der Waals surface area (Å²) in [4.78, 5) is 18.9. The second kappa shape index (κ2) is 11.7. The summed E-state index contributed by atoms with van der Waals surface area (Å²) in [5, 5.41) is 6.10. The molecule has 0 radical (unpaired) electrons. The predicted octanol–water partition coefficient (Wildman–Crippen LogP) is 0.143. The van der Waals surface area contributed by atoms with Crippen LogP contribution in [0.15, 0.2) is 4.99 Å². The van der Waals surface area contributed by atoms with E-state index in [1.165, 1.54) is 0 Å². The molecule has 29 heavy (non-hydrogen) atoms. The molecule has 1 amide bonds. The first-order chi connectivity index (χ1) is 13.5. The van der Waals surface area contributed by atoms with Gasteiger partial charge in [-0.3, -0.25) is 9.79 Å². The third-order valence-corrected chi connectivity index (χ3v) is 7.07. The van der Waals surface area contributed by atoms with Crippen molar-refractivity contribution in [3.05, 3.63) is 0 Å². The van der Waals surface area contributed by atoms with E-state index in [9.17, 15) is 13.2 Å². The van der Waals surface area contributed by atoms with Crippen LogP contribution in [0.25, 0.3) is 0 Å². The molecule has 3 fully saturated rings. The summed E-state index contributed by atoms with van der Waals surface area (Å²) in [7, 11) is -2.99. The zero-order valence-corrected chi connectivity index (χ0v) is 20.1. The molecule has 3 atom stereocenters. The summed E-state index contributed by atoms with van der Waals surface area (Å²) in [6.07, 6.45) is 3.05. The predicted molar refractivity (Wildman–Crippen MR) is 121 cm³/mol. The summed E-state index contributed by atoms with van der Waals surface area (Å²) in [5.41, 5.74) is 0. The number of nitrogens with one attached hydrogen (secondary N) is 2. The van der Waals surface area contributed by atoms with E-state index in [4.69, 9.17) is 9.47 Å². The van der Waals surface area contributed by atoms with Gasteiger partial charge in [-0.2, -0.15) is 0 Å². The molecule has 9 nitrogen and oxygen atoms in total. The smallest absolute Gasteiger partial charge is 0.222 e. The van der Waals surface area contributed by atoms with E-state index in [0.717, 1.165) is 45.0 Å². The van der Waals surface area contributed by atoms with Gasteiger partial charge in [0.25, 0.3) is 0 Å². The van der Waals surface area contributed by atoms with Crippen molar-refractivity contribution >= 4 is 45.7 Å². The van der Waals surface area contributed by atoms with Gasteiger partial charge in [0.1, 0.15) is 6.10 Å². The highest BCUT2D eigenvalue weighted by molar-refractivity contribution is 14.0. The number of ether oxygens (including phenoxy) is 2. The van der Waals surface area contributed by atoms with Gasteiger partial charge in [0.2, 0.25) is 5.91 Å². The van der Waals surface area contributed by atoms with Crippen LogP contribution in [-0.4, -0.2) is 94.3 Å². The SMILES string of the molecule is CCNC(=NCCC(=O)NC1CCS(=O)(=O)C1)N1CCOC(C2CCCO2)C1.I. The van der Waals surface area contributed by atoms with Crippen molar-refractivity contribution in [2.24, 2.45) is 4.99 Å². The monoisotopic (exact) mass is 544 g/mol. The lowest BCUT2D eigenvalue weighted by Gasteiger charge is -2.37. The number of hydrogen-bond acceptors (Lipinski definition) is 6. The van der Waals surface area contributed by atoms with Crippen LogP contribution in [0.4, 0.5) is 0 Å². The Morgan fingerprint density at radius 3 is 2.66 bits per heavy atom. The van der Waals surface area contributed by atoms with E-state index in [2.05, 4.69) is 20.5 Å². The topological polar surface area (TPSA) is 109 Å². The van der Waals surface area contributed by atoms with Crippen LogP contribution in [0.3, 0.4) is 0 Å². The molecule has 3 unspecified atom stereocenters. The number of guanidine groups is 1. The maximum atomic E-state index is 12.1. The lowest BCUT2D eigenvalue weighted by atomic mass is 10.1. The van der Waals surface area contributed by atoms with Crippen molar-refractivity contribution in [2.75, 3.05) is 50.9 Å². The molecule has 0 aromatic heterocycles. The Kier molecular flexibility index (Phi) is 9.89. The molecule has 0 aliphatic carbocycles. The lowest BCUT2D eigenvalue weighted by Crippen LogP contribution is -2.53. The van der Waals surface area contributed by atoms with Gasteiger partial charge in [-0.05, 0) is 26.2 Å². The van der Waals surface area contributed by atoms with Crippen molar-refractivity contribution in [3.63, 3.8) is 0 Å². The minimum Gasteiger partial charge on any atom is -0.375 e. The fraction of sp³-hybridized carbons (Fsp3) is 0.889. The number of halogens is 1. The normalized spacial score (nSPS) is 29.3. The average Bonchev–Trinajstić information content (AvgIpc) is 3.31. The summed E-state index contributed by atoms with van der Waals surface area (Å²) < 4.78 is 34.6. The number of amides is 1. The Morgan fingerprint density at radius 2 is 2.00 bits per heavy atom. The van der Waals surface area contributed by atoms with Crippen molar-refractivity contribution in [1.29, 1.82) is 0 Å². The van der Waals surface area contributed by atoms with Gasteiger partial charge in [-0.1, -0.05) is 0 Å². The summed E-state index contributed by atoms with van der Waals surface area (Å²) in [6.45, 7) is 6.02. The Hall–Kier alpha value is -0.660. The molecule has 3 aliphatic rings. The molecule has 0 spiro atoms. The summed E-state index contributed by atoms with van der Waals surface area (Å²) >= 11 is 0. The maximum absolute atomic E-state index is 12.1. The molecule has 0 bridgehead atoms. The molecule has 2 N–H and O–H groups in total.